The molecule has 0 saturated carbocycles. The molecule has 1 amide bonds. The van der Waals surface area contributed by atoms with Gasteiger partial charge in [0.1, 0.15) is 5.75 Å². The molecule has 0 spiro atoms. The lowest BCUT2D eigenvalue weighted by Gasteiger charge is -2.45. The maximum atomic E-state index is 12.0. The average molecular weight is 220 g/mol. The molecule has 86 valence electrons. The highest BCUT2D eigenvalue weighted by Crippen LogP contribution is 2.21. The van der Waals surface area contributed by atoms with Crippen LogP contribution in [-0.2, 0) is 0 Å². The molecule has 1 saturated heterocycles. The predicted octanol–water partition coefficient (Wildman–Crippen LogP) is 0.868. The first-order valence-electron chi connectivity index (χ1n) is 5.24. The standard InChI is InChI=1S/C12H16N2O2/c1-12(13)7-14(8-12)11(15)9-4-3-5-10(6-9)16-2/h3-6H,7-8,13H2,1-2H3. The summed E-state index contributed by atoms with van der Waals surface area (Å²) in [6.45, 7) is 3.18. The highest BCUT2D eigenvalue weighted by Gasteiger charge is 2.38. The van der Waals surface area contributed by atoms with Crippen molar-refractivity contribution >= 4 is 5.91 Å². The Morgan fingerprint density at radius 3 is 2.75 bits per heavy atom. The smallest absolute Gasteiger partial charge is 0.254 e. The van der Waals surface area contributed by atoms with E-state index in [0.29, 0.717) is 24.4 Å². The molecule has 1 aromatic carbocycles. The van der Waals surface area contributed by atoms with Crippen LogP contribution < -0.4 is 10.5 Å². The molecule has 1 aromatic rings. The summed E-state index contributed by atoms with van der Waals surface area (Å²) in [7, 11) is 1.59. The van der Waals surface area contributed by atoms with Gasteiger partial charge in [-0.2, -0.15) is 0 Å². The molecule has 4 nitrogen and oxygen atoms in total. The van der Waals surface area contributed by atoms with Gasteiger partial charge < -0.3 is 15.4 Å². The SMILES string of the molecule is COc1cccc(C(=O)N2CC(C)(N)C2)c1. The lowest BCUT2D eigenvalue weighted by Crippen LogP contribution is -2.66. The fourth-order valence-corrected chi connectivity index (χ4v) is 1.91. The van der Waals surface area contributed by atoms with Crippen LogP contribution in [0.25, 0.3) is 0 Å². The first kappa shape index (κ1) is 11.0. The molecule has 1 fully saturated rings. The fourth-order valence-electron chi connectivity index (χ4n) is 1.91. The molecular formula is C12H16N2O2. The van der Waals surface area contributed by atoms with Crippen LogP contribution in [0.5, 0.6) is 5.75 Å². The third kappa shape index (κ3) is 2.02. The van der Waals surface area contributed by atoms with Gasteiger partial charge in [0, 0.05) is 24.2 Å². The molecule has 0 aliphatic carbocycles. The zero-order valence-electron chi connectivity index (χ0n) is 9.56. The van der Waals surface area contributed by atoms with E-state index in [2.05, 4.69) is 0 Å². The lowest BCUT2D eigenvalue weighted by molar-refractivity contribution is 0.0453. The maximum absolute atomic E-state index is 12.0. The van der Waals surface area contributed by atoms with Crippen molar-refractivity contribution < 1.29 is 9.53 Å². The van der Waals surface area contributed by atoms with E-state index in [1.54, 1.807) is 24.1 Å². The highest BCUT2D eigenvalue weighted by molar-refractivity contribution is 5.95. The van der Waals surface area contributed by atoms with E-state index in [-0.39, 0.29) is 11.4 Å². The molecule has 4 heteroatoms. The first-order valence-corrected chi connectivity index (χ1v) is 5.24. The summed E-state index contributed by atoms with van der Waals surface area (Å²) in [5, 5.41) is 0. The quantitative estimate of drug-likeness (QED) is 0.804. The van der Waals surface area contributed by atoms with E-state index in [9.17, 15) is 4.79 Å². The first-order chi connectivity index (χ1) is 7.52. The molecule has 1 aliphatic rings. The summed E-state index contributed by atoms with van der Waals surface area (Å²) in [5.74, 6) is 0.712. The minimum atomic E-state index is -0.228. The molecule has 0 atom stereocenters. The third-order valence-corrected chi connectivity index (χ3v) is 2.71. The number of nitrogens with two attached hydrogens (primary N) is 1. The van der Waals surface area contributed by atoms with Crippen LogP contribution in [0, 0.1) is 0 Å². The van der Waals surface area contributed by atoms with Crippen LogP contribution in [-0.4, -0.2) is 36.5 Å². The molecule has 1 heterocycles. The number of hydrogen-bond acceptors (Lipinski definition) is 3. The Hall–Kier alpha value is -1.55. The minimum absolute atomic E-state index is 0.0156. The molecule has 0 unspecified atom stereocenters. The fraction of sp³-hybridized carbons (Fsp3) is 0.417. The largest absolute Gasteiger partial charge is 0.497 e. The van der Waals surface area contributed by atoms with Gasteiger partial charge in [-0.15, -0.1) is 0 Å². The summed E-state index contributed by atoms with van der Waals surface area (Å²) in [6.07, 6.45) is 0. The summed E-state index contributed by atoms with van der Waals surface area (Å²) < 4.78 is 5.08. The molecule has 2 rings (SSSR count). The van der Waals surface area contributed by atoms with Gasteiger partial charge in [-0.1, -0.05) is 6.07 Å². The Bertz CT molecular complexity index is 407. The van der Waals surface area contributed by atoms with E-state index in [1.807, 2.05) is 19.1 Å². The van der Waals surface area contributed by atoms with E-state index in [0.717, 1.165) is 0 Å². The van der Waals surface area contributed by atoms with Crippen molar-refractivity contribution in [3.63, 3.8) is 0 Å². The summed E-state index contributed by atoms with van der Waals surface area (Å²) in [6, 6.07) is 7.17. The number of nitrogens with zero attached hydrogens (tertiary/aromatic N) is 1. The molecular weight excluding hydrogens is 204 g/mol. The second-order valence-electron chi connectivity index (χ2n) is 4.55. The van der Waals surface area contributed by atoms with E-state index in [4.69, 9.17) is 10.5 Å². The summed E-state index contributed by atoms with van der Waals surface area (Å²) in [5.41, 5.74) is 6.29. The van der Waals surface area contributed by atoms with Gasteiger partial charge in [0.05, 0.1) is 7.11 Å². The van der Waals surface area contributed by atoms with Crippen molar-refractivity contribution in [1.29, 1.82) is 0 Å². The predicted molar refractivity (Wildman–Crippen MR) is 61.5 cm³/mol. The number of benzene rings is 1. The number of hydrogen-bond donors (Lipinski definition) is 1. The number of rotatable bonds is 2. The average Bonchev–Trinajstić information content (AvgIpc) is 2.25. The van der Waals surface area contributed by atoms with Crippen LogP contribution in [0.4, 0.5) is 0 Å². The van der Waals surface area contributed by atoms with Crippen molar-refractivity contribution in [2.45, 2.75) is 12.5 Å². The summed E-state index contributed by atoms with van der Waals surface area (Å²) >= 11 is 0. The highest BCUT2D eigenvalue weighted by atomic mass is 16.5. The van der Waals surface area contributed by atoms with Gasteiger partial charge in [-0.3, -0.25) is 4.79 Å². The normalized spacial score (nSPS) is 17.8. The van der Waals surface area contributed by atoms with Gasteiger partial charge >= 0.3 is 0 Å². The number of methoxy groups -OCH3 is 1. The van der Waals surface area contributed by atoms with Crippen LogP contribution >= 0.6 is 0 Å². The van der Waals surface area contributed by atoms with Crippen molar-refractivity contribution in [2.75, 3.05) is 20.2 Å². The second kappa shape index (κ2) is 3.79. The Morgan fingerprint density at radius 1 is 1.50 bits per heavy atom. The van der Waals surface area contributed by atoms with Gasteiger partial charge in [-0.05, 0) is 25.1 Å². The molecule has 1 aliphatic heterocycles. The zero-order valence-corrected chi connectivity index (χ0v) is 9.56. The van der Waals surface area contributed by atoms with Crippen LogP contribution in [0.3, 0.4) is 0 Å². The molecule has 2 N–H and O–H groups in total. The molecule has 16 heavy (non-hydrogen) atoms. The Balaban J connectivity index is 2.10. The van der Waals surface area contributed by atoms with Crippen molar-refractivity contribution in [3.05, 3.63) is 29.8 Å². The van der Waals surface area contributed by atoms with Crippen molar-refractivity contribution in [1.82, 2.24) is 4.90 Å². The lowest BCUT2D eigenvalue weighted by atomic mass is 9.93. The summed E-state index contributed by atoms with van der Waals surface area (Å²) in [4.78, 5) is 13.7. The van der Waals surface area contributed by atoms with Gasteiger partial charge in [0.15, 0.2) is 0 Å². The minimum Gasteiger partial charge on any atom is -0.497 e. The molecule has 0 bridgehead atoms. The molecule has 0 aromatic heterocycles. The van der Waals surface area contributed by atoms with Gasteiger partial charge in [-0.25, -0.2) is 0 Å². The van der Waals surface area contributed by atoms with Crippen LogP contribution in [0.1, 0.15) is 17.3 Å². The van der Waals surface area contributed by atoms with E-state index < -0.39 is 0 Å². The van der Waals surface area contributed by atoms with Crippen molar-refractivity contribution in [3.8, 4) is 5.75 Å². The number of ether oxygens (including phenoxy) is 1. The van der Waals surface area contributed by atoms with E-state index >= 15 is 0 Å². The van der Waals surface area contributed by atoms with E-state index in [1.165, 1.54) is 0 Å². The van der Waals surface area contributed by atoms with Gasteiger partial charge in [0.2, 0.25) is 0 Å². The number of carbonyl (C=O) groups excluding carboxylic acids is 1. The number of likely N-dealkylation sites (tertiary alicyclic amines) is 1. The Labute approximate surface area is 95.0 Å². The Morgan fingerprint density at radius 2 is 2.19 bits per heavy atom. The maximum Gasteiger partial charge on any atom is 0.254 e. The van der Waals surface area contributed by atoms with Crippen molar-refractivity contribution in [2.24, 2.45) is 5.73 Å². The van der Waals surface area contributed by atoms with Gasteiger partial charge in [0.25, 0.3) is 5.91 Å². The topological polar surface area (TPSA) is 55.6 Å². The Kier molecular flexibility index (Phi) is 2.59. The van der Waals surface area contributed by atoms with Crippen LogP contribution in [0.15, 0.2) is 24.3 Å². The van der Waals surface area contributed by atoms with Crippen LogP contribution in [0.2, 0.25) is 0 Å². The number of amides is 1. The second-order valence-corrected chi connectivity index (χ2v) is 4.55. The monoisotopic (exact) mass is 220 g/mol. The third-order valence-electron chi connectivity index (χ3n) is 2.71. The zero-order chi connectivity index (χ0) is 11.8. The number of carbonyl (C=O) groups is 1. The molecule has 0 radical (unpaired) electrons.